The van der Waals surface area contributed by atoms with Crippen LogP contribution in [0.3, 0.4) is 0 Å². The Morgan fingerprint density at radius 3 is 2.33 bits per heavy atom. The van der Waals surface area contributed by atoms with Gasteiger partial charge in [-0.05, 0) is 81.8 Å². The van der Waals surface area contributed by atoms with E-state index in [1.165, 1.54) is 6.07 Å². The molecule has 2 aromatic carbocycles. The molecule has 1 aliphatic carbocycles. The summed E-state index contributed by atoms with van der Waals surface area (Å²) in [5.74, 6) is -0.0472. The number of likely N-dealkylation sites (tertiary alicyclic amines) is 1. The third kappa shape index (κ3) is 6.00. The predicted octanol–water partition coefficient (Wildman–Crippen LogP) is 7.04. The first-order valence-corrected chi connectivity index (χ1v) is 12.2. The van der Waals surface area contributed by atoms with Crippen LogP contribution in [0.1, 0.15) is 74.0 Å². The van der Waals surface area contributed by atoms with Gasteiger partial charge in [0.25, 0.3) is 0 Å². The Balaban J connectivity index is 1.38. The molecule has 33 heavy (non-hydrogen) atoms. The molecule has 0 N–H and O–H groups in total. The van der Waals surface area contributed by atoms with Crippen molar-refractivity contribution in [1.82, 2.24) is 4.90 Å². The highest BCUT2D eigenvalue weighted by atomic mass is 35.5. The molecule has 178 valence electrons. The molecule has 1 atom stereocenters. The number of ether oxygens (including phenoxy) is 2. The van der Waals surface area contributed by atoms with Gasteiger partial charge in [-0.1, -0.05) is 23.2 Å². The molecule has 4 rings (SSSR count). The van der Waals surface area contributed by atoms with Crippen LogP contribution < -0.4 is 4.74 Å². The van der Waals surface area contributed by atoms with Crippen LogP contribution in [0.4, 0.5) is 4.39 Å². The van der Waals surface area contributed by atoms with Crippen molar-refractivity contribution in [3.63, 3.8) is 0 Å². The van der Waals surface area contributed by atoms with Crippen molar-refractivity contribution in [3.8, 4) is 5.75 Å². The van der Waals surface area contributed by atoms with Crippen LogP contribution in [0.2, 0.25) is 10.0 Å². The summed E-state index contributed by atoms with van der Waals surface area (Å²) in [6.45, 7) is 9.70. The largest absolute Gasteiger partial charge is 0.493 e. The Kier molecular flexibility index (Phi) is 6.95. The fourth-order valence-electron chi connectivity index (χ4n) is 4.17. The van der Waals surface area contributed by atoms with Crippen LogP contribution in [0, 0.1) is 11.7 Å². The summed E-state index contributed by atoms with van der Waals surface area (Å²) in [4.78, 5) is 14.8. The minimum atomic E-state index is -0.678. The van der Waals surface area contributed by atoms with E-state index in [4.69, 9.17) is 32.7 Å². The van der Waals surface area contributed by atoms with Crippen LogP contribution >= 0.6 is 23.2 Å². The molecule has 2 fully saturated rings. The Morgan fingerprint density at radius 1 is 1.12 bits per heavy atom. The molecule has 0 bridgehead atoms. The second kappa shape index (κ2) is 9.44. The Labute approximate surface area is 205 Å². The lowest BCUT2D eigenvalue weighted by Gasteiger charge is -2.43. The zero-order valence-electron chi connectivity index (χ0n) is 19.5. The van der Waals surface area contributed by atoms with Crippen molar-refractivity contribution in [1.29, 1.82) is 0 Å². The summed E-state index contributed by atoms with van der Waals surface area (Å²) in [6, 6.07) is 8.79. The number of rotatable bonds is 7. The highest BCUT2D eigenvalue weighted by molar-refractivity contribution is 6.34. The summed E-state index contributed by atoms with van der Waals surface area (Å²) in [5.41, 5.74) is 1.28. The summed E-state index contributed by atoms with van der Waals surface area (Å²) in [6.07, 6.45) is 2.04. The van der Waals surface area contributed by atoms with Crippen molar-refractivity contribution < 1.29 is 18.7 Å². The number of hydrogen-bond donors (Lipinski definition) is 0. The minimum absolute atomic E-state index is 0.0250. The maximum atomic E-state index is 14.8. The van der Waals surface area contributed by atoms with Gasteiger partial charge in [0.1, 0.15) is 17.2 Å². The number of nitrogens with zero attached hydrogens (tertiary/aromatic N) is 1. The van der Waals surface area contributed by atoms with E-state index in [0.717, 1.165) is 37.1 Å². The average Bonchev–Trinajstić information content (AvgIpc) is 3.49. The van der Waals surface area contributed by atoms with E-state index >= 15 is 0 Å². The second-order valence-corrected chi connectivity index (χ2v) is 11.0. The molecule has 4 nitrogen and oxygen atoms in total. The van der Waals surface area contributed by atoms with Crippen LogP contribution in [-0.4, -0.2) is 36.2 Å². The van der Waals surface area contributed by atoms with E-state index in [0.29, 0.717) is 34.2 Å². The lowest BCUT2D eigenvalue weighted by Crippen LogP contribution is -2.50. The standard InChI is InChI=1S/C26H30Cl2FNO3/c1-15(18-7-19(27)9-20(28)8-18)30-12-16(13-30)14-32-24-11-23(29)22(10-21(24)17-5-6-17)25(31)33-26(2,3)4/h7-11,15-17H,5-6,12-14H2,1-4H3. The number of hydrogen-bond acceptors (Lipinski definition) is 4. The first kappa shape index (κ1) is 24.3. The van der Waals surface area contributed by atoms with E-state index < -0.39 is 17.4 Å². The molecule has 1 heterocycles. The van der Waals surface area contributed by atoms with Gasteiger partial charge in [-0.2, -0.15) is 0 Å². The van der Waals surface area contributed by atoms with Crippen LogP contribution in [0.5, 0.6) is 5.75 Å². The zero-order chi connectivity index (χ0) is 23.9. The lowest BCUT2D eigenvalue weighted by atomic mass is 9.95. The van der Waals surface area contributed by atoms with Crippen molar-refractivity contribution in [2.24, 2.45) is 5.92 Å². The van der Waals surface area contributed by atoms with E-state index in [1.54, 1.807) is 32.9 Å². The molecule has 2 aliphatic rings. The van der Waals surface area contributed by atoms with Crippen molar-refractivity contribution in [2.75, 3.05) is 19.7 Å². The second-order valence-electron chi connectivity index (χ2n) is 10.2. The third-order valence-electron chi connectivity index (χ3n) is 6.11. The monoisotopic (exact) mass is 493 g/mol. The van der Waals surface area contributed by atoms with Crippen molar-refractivity contribution in [3.05, 3.63) is 62.9 Å². The van der Waals surface area contributed by atoms with Crippen molar-refractivity contribution >= 4 is 29.2 Å². The molecular formula is C26H30Cl2FNO3. The molecule has 1 aliphatic heterocycles. The first-order chi connectivity index (χ1) is 15.5. The average molecular weight is 494 g/mol. The number of benzene rings is 2. The Morgan fingerprint density at radius 2 is 1.76 bits per heavy atom. The maximum Gasteiger partial charge on any atom is 0.341 e. The van der Waals surface area contributed by atoms with Gasteiger partial charge in [0, 0.05) is 41.2 Å². The lowest BCUT2D eigenvalue weighted by molar-refractivity contribution is 0.00643. The molecular weight excluding hydrogens is 464 g/mol. The zero-order valence-corrected chi connectivity index (χ0v) is 21.0. The van der Waals surface area contributed by atoms with Crippen molar-refractivity contribution in [2.45, 2.75) is 58.1 Å². The van der Waals surface area contributed by atoms with Crippen LogP contribution in [-0.2, 0) is 4.74 Å². The molecule has 1 saturated carbocycles. The van der Waals surface area contributed by atoms with Gasteiger partial charge in [-0.3, -0.25) is 4.90 Å². The minimum Gasteiger partial charge on any atom is -0.493 e. The normalized spacial score (nSPS) is 18.0. The van der Waals surface area contributed by atoms with Gasteiger partial charge in [0.15, 0.2) is 0 Å². The van der Waals surface area contributed by atoms with Gasteiger partial charge in [-0.25, -0.2) is 9.18 Å². The molecule has 7 heteroatoms. The van der Waals surface area contributed by atoms with Gasteiger partial charge in [0.05, 0.1) is 12.2 Å². The van der Waals surface area contributed by atoms with Gasteiger partial charge in [-0.15, -0.1) is 0 Å². The number of halogens is 3. The number of carbonyl (C=O) groups is 1. The van der Waals surface area contributed by atoms with E-state index in [2.05, 4.69) is 11.8 Å². The molecule has 1 unspecified atom stereocenters. The summed E-state index contributed by atoms with van der Waals surface area (Å²) in [5, 5.41) is 1.27. The number of esters is 1. The molecule has 1 saturated heterocycles. The fourth-order valence-corrected chi connectivity index (χ4v) is 4.71. The molecule has 0 aromatic heterocycles. The van der Waals surface area contributed by atoms with Gasteiger partial charge < -0.3 is 9.47 Å². The quantitative estimate of drug-likeness (QED) is 0.387. The topological polar surface area (TPSA) is 38.8 Å². The van der Waals surface area contributed by atoms with E-state index in [1.807, 2.05) is 12.1 Å². The highest BCUT2D eigenvalue weighted by Gasteiger charge is 2.34. The van der Waals surface area contributed by atoms with Gasteiger partial charge in [0.2, 0.25) is 0 Å². The van der Waals surface area contributed by atoms with Gasteiger partial charge >= 0.3 is 5.97 Å². The highest BCUT2D eigenvalue weighted by Crippen LogP contribution is 2.45. The molecule has 0 spiro atoms. The number of carbonyl (C=O) groups excluding carboxylic acids is 1. The van der Waals surface area contributed by atoms with Crippen LogP contribution in [0.15, 0.2) is 30.3 Å². The van der Waals surface area contributed by atoms with Crippen LogP contribution in [0.25, 0.3) is 0 Å². The van der Waals surface area contributed by atoms with E-state index in [-0.39, 0.29) is 11.6 Å². The maximum absolute atomic E-state index is 14.8. The summed E-state index contributed by atoms with van der Waals surface area (Å²) < 4.78 is 26.2. The smallest absolute Gasteiger partial charge is 0.341 e. The summed E-state index contributed by atoms with van der Waals surface area (Å²) >= 11 is 12.3. The van der Waals surface area contributed by atoms with E-state index in [9.17, 15) is 9.18 Å². The fraction of sp³-hybridized carbons (Fsp3) is 0.500. The molecule has 0 radical (unpaired) electrons. The Bertz CT molecular complexity index is 1020. The molecule has 2 aromatic rings. The molecule has 0 amide bonds. The SMILES string of the molecule is CC(c1cc(Cl)cc(Cl)c1)N1CC(COc2cc(F)c(C(=O)OC(C)(C)C)cc2C2CC2)C1. The summed E-state index contributed by atoms with van der Waals surface area (Å²) in [7, 11) is 0. The first-order valence-electron chi connectivity index (χ1n) is 11.4. The Hall–Kier alpha value is -1.82. The predicted molar refractivity (Wildman–Crippen MR) is 129 cm³/mol. The third-order valence-corrected chi connectivity index (χ3v) is 6.55.